The van der Waals surface area contributed by atoms with Crippen LogP contribution in [0.1, 0.15) is 26.0 Å². The van der Waals surface area contributed by atoms with Gasteiger partial charge in [-0.2, -0.15) is 0 Å². The van der Waals surface area contributed by atoms with Gasteiger partial charge >= 0.3 is 0 Å². The summed E-state index contributed by atoms with van der Waals surface area (Å²) in [5.74, 6) is 1.79. The summed E-state index contributed by atoms with van der Waals surface area (Å²) >= 11 is 0. The molecule has 1 aliphatic rings. The summed E-state index contributed by atoms with van der Waals surface area (Å²) in [7, 11) is 0. The molecule has 0 spiro atoms. The number of aromatic nitrogens is 1. The Hall–Kier alpha value is -0.830. The standard InChI is InChI=1S/C10H16N2O/c1-8-5-9(2)12(6-8)7-10-3-4-11-13-10/h3-4,8-9H,5-7H2,1-2H3. The zero-order chi connectivity index (χ0) is 9.26. The fourth-order valence-corrected chi connectivity index (χ4v) is 2.13. The summed E-state index contributed by atoms with van der Waals surface area (Å²) < 4.78 is 5.09. The van der Waals surface area contributed by atoms with Crippen LogP contribution in [0.2, 0.25) is 0 Å². The molecule has 0 radical (unpaired) electrons. The fourth-order valence-electron chi connectivity index (χ4n) is 2.13. The van der Waals surface area contributed by atoms with E-state index in [1.54, 1.807) is 6.20 Å². The summed E-state index contributed by atoms with van der Waals surface area (Å²) in [6.07, 6.45) is 3.01. The molecule has 72 valence electrons. The van der Waals surface area contributed by atoms with E-state index < -0.39 is 0 Å². The van der Waals surface area contributed by atoms with Crippen LogP contribution in [0, 0.1) is 5.92 Å². The molecule has 1 aromatic rings. The zero-order valence-electron chi connectivity index (χ0n) is 8.23. The van der Waals surface area contributed by atoms with Gasteiger partial charge in [-0.3, -0.25) is 4.90 Å². The number of likely N-dealkylation sites (tertiary alicyclic amines) is 1. The molecule has 2 atom stereocenters. The van der Waals surface area contributed by atoms with Crippen molar-refractivity contribution in [3.05, 3.63) is 18.0 Å². The zero-order valence-corrected chi connectivity index (χ0v) is 8.23. The second-order valence-electron chi connectivity index (χ2n) is 4.10. The Morgan fingerprint density at radius 3 is 3.00 bits per heavy atom. The molecule has 3 heteroatoms. The molecule has 0 bridgehead atoms. The molecule has 0 saturated carbocycles. The Bertz CT molecular complexity index is 258. The van der Waals surface area contributed by atoms with Crippen molar-refractivity contribution in [3.63, 3.8) is 0 Å². The van der Waals surface area contributed by atoms with Crippen LogP contribution in [0.3, 0.4) is 0 Å². The molecular weight excluding hydrogens is 164 g/mol. The van der Waals surface area contributed by atoms with Crippen LogP contribution in [0.15, 0.2) is 16.8 Å². The molecule has 1 aromatic heterocycles. The minimum Gasteiger partial charge on any atom is -0.360 e. The van der Waals surface area contributed by atoms with Crippen molar-refractivity contribution in [2.45, 2.75) is 32.9 Å². The van der Waals surface area contributed by atoms with Crippen molar-refractivity contribution in [2.75, 3.05) is 6.54 Å². The van der Waals surface area contributed by atoms with Gasteiger partial charge in [0, 0.05) is 18.7 Å². The van der Waals surface area contributed by atoms with E-state index in [2.05, 4.69) is 23.9 Å². The molecule has 3 nitrogen and oxygen atoms in total. The summed E-state index contributed by atoms with van der Waals surface area (Å²) in [6.45, 7) is 6.67. The van der Waals surface area contributed by atoms with E-state index >= 15 is 0 Å². The summed E-state index contributed by atoms with van der Waals surface area (Å²) in [5.41, 5.74) is 0. The Kier molecular flexibility index (Phi) is 2.36. The van der Waals surface area contributed by atoms with E-state index in [0.29, 0.717) is 6.04 Å². The maximum Gasteiger partial charge on any atom is 0.150 e. The molecular formula is C10H16N2O. The van der Waals surface area contributed by atoms with Gasteiger partial charge in [-0.15, -0.1) is 0 Å². The topological polar surface area (TPSA) is 29.3 Å². The lowest BCUT2D eigenvalue weighted by molar-refractivity contribution is 0.223. The highest BCUT2D eigenvalue weighted by Crippen LogP contribution is 2.23. The van der Waals surface area contributed by atoms with Crippen molar-refractivity contribution >= 4 is 0 Å². The lowest BCUT2D eigenvalue weighted by Gasteiger charge is -2.18. The predicted molar refractivity (Wildman–Crippen MR) is 50.2 cm³/mol. The number of nitrogens with zero attached hydrogens (tertiary/aromatic N) is 2. The quantitative estimate of drug-likeness (QED) is 0.696. The third kappa shape index (κ3) is 1.91. The lowest BCUT2D eigenvalue weighted by atomic mass is 10.1. The summed E-state index contributed by atoms with van der Waals surface area (Å²) in [5, 5.41) is 3.71. The van der Waals surface area contributed by atoms with Gasteiger partial charge in [0.05, 0.1) is 12.7 Å². The number of hydrogen-bond acceptors (Lipinski definition) is 3. The Morgan fingerprint density at radius 2 is 2.46 bits per heavy atom. The van der Waals surface area contributed by atoms with Crippen LogP contribution < -0.4 is 0 Å². The second kappa shape index (κ2) is 3.50. The van der Waals surface area contributed by atoms with Gasteiger partial charge in [0.2, 0.25) is 0 Å². The molecule has 0 amide bonds. The minimum absolute atomic E-state index is 0.681. The van der Waals surface area contributed by atoms with Gasteiger partial charge in [0.15, 0.2) is 5.76 Å². The third-order valence-corrected chi connectivity index (χ3v) is 2.76. The van der Waals surface area contributed by atoms with Crippen molar-refractivity contribution in [3.8, 4) is 0 Å². The second-order valence-corrected chi connectivity index (χ2v) is 4.10. The predicted octanol–water partition coefficient (Wildman–Crippen LogP) is 1.90. The summed E-state index contributed by atoms with van der Waals surface area (Å²) in [4.78, 5) is 2.45. The van der Waals surface area contributed by atoms with E-state index in [4.69, 9.17) is 4.52 Å². The highest BCUT2D eigenvalue weighted by molar-refractivity contribution is 4.94. The van der Waals surface area contributed by atoms with Gasteiger partial charge in [-0.1, -0.05) is 12.1 Å². The van der Waals surface area contributed by atoms with Gasteiger partial charge in [0.25, 0.3) is 0 Å². The summed E-state index contributed by atoms with van der Waals surface area (Å²) in [6, 6.07) is 2.62. The molecule has 1 fully saturated rings. The van der Waals surface area contributed by atoms with Crippen molar-refractivity contribution < 1.29 is 4.52 Å². The Labute approximate surface area is 78.7 Å². The van der Waals surface area contributed by atoms with Crippen LogP contribution in [0.25, 0.3) is 0 Å². The molecule has 2 rings (SSSR count). The van der Waals surface area contributed by atoms with Gasteiger partial charge < -0.3 is 4.52 Å². The first kappa shape index (κ1) is 8.75. The first-order valence-corrected chi connectivity index (χ1v) is 4.89. The molecule has 0 N–H and O–H groups in total. The molecule has 0 aromatic carbocycles. The Morgan fingerprint density at radius 1 is 1.62 bits per heavy atom. The average molecular weight is 180 g/mol. The van der Waals surface area contributed by atoms with E-state index in [1.165, 1.54) is 13.0 Å². The normalized spacial score (nSPS) is 29.7. The average Bonchev–Trinajstić information content (AvgIpc) is 2.63. The van der Waals surface area contributed by atoms with E-state index in [1.807, 2.05) is 6.07 Å². The highest BCUT2D eigenvalue weighted by atomic mass is 16.5. The smallest absolute Gasteiger partial charge is 0.150 e. The molecule has 1 aliphatic heterocycles. The van der Waals surface area contributed by atoms with Crippen LogP contribution in [0.5, 0.6) is 0 Å². The Balaban J connectivity index is 1.95. The van der Waals surface area contributed by atoms with E-state index in [-0.39, 0.29) is 0 Å². The molecule has 2 heterocycles. The fraction of sp³-hybridized carbons (Fsp3) is 0.700. The van der Waals surface area contributed by atoms with Crippen molar-refractivity contribution in [1.82, 2.24) is 10.1 Å². The SMILES string of the molecule is CC1CC(C)N(Cc2ccno2)C1. The first-order chi connectivity index (χ1) is 6.25. The van der Waals surface area contributed by atoms with Gasteiger partial charge in [-0.05, 0) is 19.3 Å². The highest BCUT2D eigenvalue weighted by Gasteiger charge is 2.26. The van der Waals surface area contributed by atoms with Crippen molar-refractivity contribution in [1.29, 1.82) is 0 Å². The molecule has 2 unspecified atom stereocenters. The van der Waals surface area contributed by atoms with Gasteiger partial charge in [0.1, 0.15) is 0 Å². The third-order valence-electron chi connectivity index (χ3n) is 2.76. The number of rotatable bonds is 2. The monoisotopic (exact) mass is 180 g/mol. The maximum atomic E-state index is 5.09. The van der Waals surface area contributed by atoms with Crippen LogP contribution in [-0.2, 0) is 6.54 Å². The maximum absolute atomic E-state index is 5.09. The number of hydrogen-bond donors (Lipinski definition) is 0. The minimum atomic E-state index is 0.681. The van der Waals surface area contributed by atoms with E-state index in [9.17, 15) is 0 Å². The van der Waals surface area contributed by atoms with E-state index in [0.717, 1.165) is 18.2 Å². The molecule has 13 heavy (non-hydrogen) atoms. The first-order valence-electron chi connectivity index (χ1n) is 4.89. The lowest BCUT2D eigenvalue weighted by Crippen LogP contribution is -2.26. The van der Waals surface area contributed by atoms with Crippen molar-refractivity contribution in [2.24, 2.45) is 5.92 Å². The van der Waals surface area contributed by atoms with Crippen LogP contribution in [-0.4, -0.2) is 22.6 Å². The largest absolute Gasteiger partial charge is 0.360 e. The molecule has 0 aliphatic carbocycles. The van der Waals surface area contributed by atoms with Gasteiger partial charge in [-0.25, -0.2) is 0 Å². The van der Waals surface area contributed by atoms with Crippen LogP contribution >= 0.6 is 0 Å². The molecule has 1 saturated heterocycles. The van der Waals surface area contributed by atoms with Crippen LogP contribution in [0.4, 0.5) is 0 Å².